The van der Waals surface area contributed by atoms with Crippen LogP contribution in [0.4, 0.5) is 5.13 Å². The number of ketones is 2. The van der Waals surface area contributed by atoms with Crippen molar-refractivity contribution in [3.05, 3.63) is 147 Å². The van der Waals surface area contributed by atoms with E-state index in [0.29, 0.717) is 46.4 Å². The highest BCUT2D eigenvalue weighted by Gasteiger charge is 2.48. The van der Waals surface area contributed by atoms with E-state index in [4.69, 9.17) is 9.47 Å². The van der Waals surface area contributed by atoms with E-state index in [9.17, 15) is 19.5 Å². The summed E-state index contributed by atoms with van der Waals surface area (Å²) in [6, 6.07) is 30.5. The highest BCUT2D eigenvalue weighted by atomic mass is 32.1. The van der Waals surface area contributed by atoms with Crippen LogP contribution in [0.25, 0.3) is 5.76 Å². The molecule has 2 heterocycles. The molecule has 1 aliphatic heterocycles. The monoisotopic (exact) mass is 644 g/mol. The maximum absolute atomic E-state index is 13.6. The first-order valence-corrected chi connectivity index (χ1v) is 15.9. The first-order valence-electron chi connectivity index (χ1n) is 15.0. The number of amides is 1. The molecular formula is C38H32N2O6S. The van der Waals surface area contributed by atoms with Crippen LogP contribution in [0.15, 0.2) is 109 Å². The van der Waals surface area contributed by atoms with Crippen molar-refractivity contribution in [1.29, 1.82) is 0 Å². The number of anilines is 1. The summed E-state index contributed by atoms with van der Waals surface area (Å²) < 4.78 is 11.9. The Morgan fingerprint density at radius 2 is 1.45 bits per heavy atom. The van der Waals surface area contributed by atoms with Gasteiger partial charge in [-0.3, -0.25) is 19.3 Å². The van der Waals surface area contributed by atoms with Gasteiger partial charge < -0.3 is 14.6 Å². The van der Waals surface area contributed by atoms with Crippen LogP contribution in [0.1, 0.15) is 56.1 Å². The summed E-state index contributed by atoms with van der Waals surface area (Å²) in [5, 5.41) is 11.8. The third-order valence-corrected chi connectivity index (χ3v) is 9.07. The normalized spacial score (nSPS) is 15.6. The number of rotatable bonds is 10. The Balaban J connectivity index is 1.34. The van der Waals surface area contributed by atoms with Crippen LogP contribution in [0, 0.1) is 13.8 Å². The van der Waals surface area contributed by atoms with Crippen molar-refractivity contribution in [1.82, 2.24) is 4.98 Å². The Morgan fingerprint density at radius 3 is 2.06 bits per heavy atom. The number of Topliss-reactive ketones (excluding diaryl/α,β-unsaturated/α-hetero) is 2. The maximum atomic E-state index is 13.6. The number of aryl methyl sites for hydroxylation is 2. The minimum atomic E-state index is -0.999. The number of ether oxygens (including phenoxy) is 2. The van der Waals surface area contributed by atoms with Crippen molar-refractivity contribution in [3.63, 3.8) is 0 Å². The molecule has 1 N–H and O–H groups in total. The van der Waals surface area contributed by atoms with E-state index in [1.54, 1.807) is 55.5 Å². The summed E-state index contributed by atoms with van der Waals surface area (Å²) in [5.41, 5.74) is 4.46. The number of aliphatic hydroxyl groups excluding tert-OH is 1. The zero-order valence-corrected chi connectivity index (χ0v) is 26.9. The van der Waals surface area contributed by atoms with Gasteiger partial charge >= 0.3 is 5.91 Å². The number of aliphatic hydroxyl groups is 1. The van der Waals surface area contributed by atoms with Gasteiger partial charge in [0, 0.05) is 12.5 Å². The molecule has 1 saturated heterocycles. The van der Waals surface area contributed by atoms with Crippen LogP contribution in [-0.4, -0.2) is 27.6 Å². The van der Waals surface area contributed by atoms with Crippen LogP contribution in [0.3, 0.4) is 0 Å². The minimum Gasteiger partial charge on any atom is -0.507 e. The van der Waals surface area contributed by atoms with E-state index < -0.39 is 17.7 Å². The molecule has 0 spiro atoms. The molecule has 9 heteroatoms. The van der Waals surface area contributed by atoms with Gasteiger partial charge in [0.2, 0.25) is 0 Å². The summed E-state index contributed by atoms with van der Waals surface area (Å²) >= 11 is 1.04. The summed E-state index contributed by atoms with van der Waals surface area (Å²) in [7, 11) is 0. The van der Waals surface area contributed by atoms with Crippen molar-refractivity contribution in [3.8, 4) is 11.5 Å². The second kappa shape index (κ2) is 13.4. The van der Waals surface area contributed by atoms with E-state index in [1.165, 1.54) is 11.8 Å². The van der Waals surface area contributed by atoms with E-state index in [2.05, 4.69) is 4.98 Å². The average Bonchev–Trinajstić information content (AvgIpc) is 3.59. The van der Waals surface area contributed by atoms with Gasteiger partial charge in [0.25, 0.3) is 5.78 Å². The lowest BCUT2D eigenvalue weighted by Gasteiger charge is -2.23. The summed E-state index contributed by atoms with van der Waals surface area (Å²) in [6.45, 7) is 5.88. The fourth-order valence-corrected chi connectivity index (χ4v) is 6.47. The third kappa shape index (κ3) is 6.71. The van der Waals surface area contributed by atoms with Gasteiger partial charge in [0.15, 0.2) is 10.9 Å². The van der Waals surface area contributed by atoms with Crippen LogP contribution in [0.5, 0.6) is 11.5 Å². The molecule has 1 aromatic heterocycles. The topological polar surface area (TPSA) is 106 Å². The van der Waals surface area contributed by atoms with Gasteiger partial charge in [-0.05, 0) is 66.9 Å². The fraction of sp³-hybridized carbons (Fsp3) is 0.158. The summed E-state index contributed by atoms with van der Waals surface area (Å²) in [5.74, 6) is -1.03. The molecule has 1 unspecified atom stereocenters. The Labute approximate surface area is 276 Å². The van der Waals surface area contributed by atoms with E-state index in [-0.39, 0.29) is 22.2 Å². The Bertz CT molecular complexity index is 1980. The molecule has 4 aromatic carbocycles. The lowest BCUT2D eigenvalue weighted by Crippen LogP contribution is -2.29. The molecular weight excluding hydrogens is 612 g/mol. The van der Waals surface area contributed by atoms with Gasteiger partial charge in [-0.15, -0.1) is 0 Å². The Hall–Kier alpha value is -5.54. The second-order valence-electron chi connectivity index (χ2n) is 11.3. The van der Waals surface area contributed by atoms with Gasteiger partial charge in [-0.2, -0.15) is 0 Å². The van der Waals surface area contributed by atoms with Crippen molar-refractivity contribution in [2.24, 2.45) is 0 Å². The van der Waals surface area contributed by atoms with Crippen LogP contribution >= 0.6 is 11.3 Å². The van der Waals surface area contributed by atoms with Gasteiger partial charge in [-0.1, -0.05) is 83.6 Å². The Kier molecular flexibility index (Phi) is 8.99. The number of hydrogen-bond acceptors (Lipinski definition) is 8. The minimum absolute atomic E-state index is 0.0846. The van der Waals surface area contributed by atoms with Crippen molar-refractivity contribution in [2.75, 3.05) is 4.90 Å². The molecule has 0 saturated carbocycles. The van der Waals surface area contributed by atoms with Gasteiger partial charge in [-0.25, -0.2) is 4.98 Å². The molecule has 1 atom stereocenters. The van der Waals surface area contributed by atoms with Crippen LogP contribution in [0.2, 0.25) is 0 Å². The van der Waals surface area contributed by atoms with Crippen LogP contribution < -0.4 is 14.4 Å². The fourth-order valence-electron chi connectivity index (χ4n) is 5.48. The number of hydrogen-bond donors (Lipinski definition) is 1. The molecule has 236 valence electrons. The summed E-state index contributed by atoms with van der Waals surface area (Å²) in [4.78, 5) is 45.7. The van der Waals surface area contributed by atoms with E-state index in [0.717, 1.165) is 28.0 Å². The number of carbonyl (C=O) groups is 3. The maximum Gasteiger partial charge on any atom is 0.301 e. The first-order chi connectivity index (χ1) is 22.7. The lowest BCUT2D eigenvalue weighted by molar-refractivity contribution is -0.132. The number of benzene rings is 4. The van der Waals surface area contributed by atoms with Crippen LogP contribution in [-0.2, 0) is 22.8 Å². The van der Waals surface area contributed by atoms with E-state index in [1.807, 2.05) is 61.5 Å². The second-order valence-corrected chi connectivity index (χ2v) is 12.3. The predicted octanol–water partition coefficient (Wildman–Crippen LogP) is 7.75. The Morgan fingerprint density at radius 1 is 0.830 bits per heavy atom. The van der Waals surface area contributed by atoms with Gasteiger partial charge in [0.05, 0.1) is 22.2 Å². The van der Waals surface area contributed by atoms with Gasteiger partial charge in [0.1, 0.15) is 30.5 Å². The highest BCUT2D eigenvalue weighted by Crippen LogP contribution is 2.44. The predicted molar refractivity (Wildman–Crippen MR) is 181 cm³/mol. The molecule has 6 rings (SSSR count). The summed E-state index contributed by atoms with van der Waals surface area (Å²) in [6.07, 6.45) is 0. The number of aromatic nitrogens is 1. The van der Waals surface area contributed by atoms with Crippen molar-refractivity contribution >= 4 is 39.7 Å². The highest BCUT2D eigenvalue weighted by molar-refractivity contribution is 7.18. The molecule has 5 aromatic rings. The largest absolute Gasteiger partial charge is 0.507 e. The molecule has 8 nitrogen and oxygen atoms in total. The standard InChI is InChI=1S/C38H32N2O6S/c1-23-8-7-11-27(20-23)22-46-31-18-14-29(15-19-31)34(42)32-33(28-12-16-30(17-13-28)45-21-26-9-5-4-6-10-26)40(37(44)35(32)43)38-39-24(2)36(47-38)25(3)41/h4-20,33,42H,21-22H2,1-3H3. The first kappa shape index (κ1) is 31.4. The number of thiazole rings is 1. The lowest BCUT2D eigenvalue weighted by atomic mass is 9.95. The molecule has 0 bridgehead atoms. The molecule has 0 aliphatic carbocycles. The zero-order chi connectivity index (χ0) is 33.1. The van der Waals surface area contributed by atoms with E-state index >= 15 is 0 Å². The molecule has 1 aliphatic rings. The number of carbonyl (C=O) groups excluding carboxylic acids is 3. The number of nitrogens with zero attached hydrogens (tertiary/aromatic N) is 2. The molecule has 0 radical (unpaired) electrons. The zero-order valence-electron chi connectivity index (χ0n) is 26.1. The molecule has 1 amide bonds. The van der Waals surface area contributed by atoms with Crippen molar-refractivity contribution < 1.29 is 29.0 Å². The molecule has 1 fully saturated rings. The van der Waals surface area contributed by atoms with Crippen molar-refractivity contribution in [2.45, 2.75) is 40.0 Å². The SMILES string of the molecule is CC(=O)c1sc(N2C(=O)C(=O)C(=C(O)c3ccc(OCc4cccc(C)c4)cc3)C2c2ccc(OCc3ccccc3)cc2)nc1C. The molecule has 47 heavy (non-hydrogen) atoms. The average molecular weight is 645 g/mol. The smallest absolute Gasteiger partial charge is 0.301 e. The quantitative estimate of drug-likeness (QED) is 0.0717. The third-order valence-electron chi connectivity index (χ3n) is 7.82.